The largest absolute Gasteiger partial charge is 0.329 e. The van der Waals surface area contributed by atoms with E-state index in [-0.39, 0.29) is 0 Å². The molecule has 1 saturated heterocycles. The van der Waals surface area contributed by atoms with E-state index in [2.05, 4.69) is 34.1 Å². The molecule has 1 unspecified atom stereocenters. The molecule has 3 nitrogen and oxygen atoms in total. The van der Waals surface area contributed by atoms with E-state index in [0.717, 1.165) is 18.5 Å². The fourth-order valence-corrected chi connectivity index (χ4v) is 3.79. The Hall–Kier alpha value is -0.900. The van der Waals surface area contributed by atoms with Crippen LogP contribution >= 0.6 is 0 Å². The summed E-state index contributed by atoms with van der Waals surface area (Å²) in [5.74, 6) is 0.829. The standard InChI is InChI=1S/C18H27N3/c19-13-18(16-3-1-2-15(12-16)14-4-5-14)21-10-8-20(9-11-21)17-6-7-17/h1-3,12,14,17-18H,4-11,13,19H2. The molecular formula is C18H27N3. The van der Waals surface area contributed by atoms with E-state index in [1.54, 1.807) is 0 Å². The van der Waals surface area contributed by atoms with Gasteiger partial charge in [-0.3, -0.25) is 9.80 Å². The molecule has 21 heavy (non-hydrogen) atoms. The third-order valence-corrected chi connectivity index (χ3v) is 5.42. The van der Waals surface area contributed by atoms with Gasteiger partial charge in [0.05, 0.1) is 0 Å². The van der Waals surface area contributed by atoms with E-state index in [1.165, 1.54) is 63.0 Å². The molecular weight excluding hydrogens is 258 g/mol. The lowest BCUT2D eigenvalue weighted by Crippen LogP contribution is -2.49. The van der Waals surface area contributed by atoms with Crippen molar-refractivity contribution in [2.24, 2.45) is 5.73 Å². The van der Waals surface area contributed by atoms with Gasteiger partial charge in [-0.25, -0.2) is 0 Å². The normalized spacial score (nSPS) is 26.0. The van der Waals surface area contributed by atoms with E-state index in [0.29, 0.717) is 6.04 Å². The smallest absolute Gasteiger partial charge is 0.0471 e. The van der Waals surface area contributed by atoms with Gasteiger partial charge in [-0.1, -0.05) is 24.3 Å². The van der Waals surface area contributed by atoms with Gasteiger partial charge in [-0.2, -0.15) is 0 Å². The molecule has 4 rings (SSSR count). The molecule has 1 atom stereocenters. The lowest BCUT2D eigenvalue weighted by Gasteiger charge is -2.39. The van der Waals surface area contributed by atoms with Crippen LogP contribution in [0.1, 0.15) is 48.8 Å². The molecule has 1 aromatic rings. The summed E-state index contributed by atoms with van der Waals surface area (Å²) >= 11 is 0. The fourth-order valence-electron chi connectivity index (χ4n) is 3.79. The molecule has 3 aliphatic rings. The van der Waals surface area contributed by atoms with Crippen LogP contribution in [0.2, 0.25) is 0 Å². The van der Waals surface area contributed by atoms with E-state index in [4.69, 9.17) is 5.73 Å². The Balaban J connectivity index is 1.45. The summed E-state index contributed by atoms with van der Waals surface area (Å²) in [5, 5.41) is 0. The highest BCUT2D eigenvalue weighted by atomic mass is 15.3. The topological polar surface area (TPSA) is 32.5 Å². The highest BCUT2D eigenvalue weighted by Gasteiger charge is 2.33. The Labute approximate surface area is 128 Å². The molecule has 3 fully saturated rings. The summed E-state index contributed by atoms with van der Waals surface area (Å²) in [5.41, 5.74) is 9.09. The van der Waals surface area contributed by atoms with E-state index < -0.39 is 0 Å². The zero-order valence-corrected chi connectivity index (χ0v) is 12.9. The van der Waals surface area contributed by atoms with Crippen molar-refractivity contribution in [2.75, 3.05) is 32.7 Å². The second-order valence-corrected chi connectivity index (χ2v) is 7.00. The molecule has 114 valence electrons. The van der Waals surface area contributed by atoms with Gasteiger partial charge in [0, 0.05) is 44.8 Å². The minimum Gasteiger partial charge on any atom is -0.329 e. The van der Waals surface area contributed by atoms with Crippen LogP contribution in [0, 0.1) is 0 Å². The van der Waals surface area contributed by atoms with Gasteiger partial charge in [0.15, 0.2) is 0 Å². The van der Waals surface area contributed by atoms with Gasteiger partial charge in [0.25, 0.3) is 0 Å². The monoisotopic (exact) mass is 285 g/mol. The van der Waals surface area contributed by atoms with Gasteiger partial charge in [-0.15, -0.1) is 0 Å². The van der Waals surface area contributed by atoms with Crippen LogP contribution in [0.5, 0.6) is 0 Å². The average molecular weight is 285 g/mol. The minimum absolute atomic E-state index is 0.407. The molecule has 3 heteroatoms. The van der Waals surface area contributed by atoms with Crippen molar-refractivity contribution in [1.82, 2.24) is 9.80 Å². The summed E-state index contributed by atoms with van der Waals surface area (Å²) in [6.45, 7) is 5.53. The summed E-state index contributed by atoms with van der Waals surface area (Å²) in [7, 11) is 0. The quantitative estimate of drug-likeness (QED) is 0.901. The van der Waals surface area contributed by atoms with Crippen LogP contribution in [0.15, 0.2) is 24.3 Å². The third kappa shape index (κ3) is 3.01. The van der Waals surface area contributed by atoms with Crippen LogP contribution in [0.4, 0.5) is 0 Å². The van der Waals surface area contributed by atoms with Crippen LogP contribution < -0.4 is 5.73 Å². The van der Waals surface area contributed by atoms with Crippen molar-refractivity contribution in [3.63, 3.8) is 0 Å². The molecule has 1 heterocycles. The van der Waals surface area contributed by atoms with Crippen molar-refractivity contribution in [3.05, 3.63) is 35.4 Å². The number of benzene rings is 1. The first-order chi connectivity index (χ1) is 10.3. The average Bonchev–Trinajstić information content (AvgIpc) is 3.42. The van der Waals surface area contributed by atoms with E-state index in [1.807, 2.05) is 0 Å². The highest BCUT2D eigenvalue weighted by molar-refractivity contribution is 5.31. The van der Waals surface area contributed by atoms with Crippen molar-refractivity contribution in [2.45, 2.75) is 43.7 Å². The maximum atomic E-state index is 6.13. The van der Waals surface area contributed by atoms with Gasteiger partial charge in [-0.05, 0) is 42.7 Å². The van der Waals surface area contributed by atoms with Crippen molar-refractivity contribution < 1.29 is 0 Å². The Morgan fingerprint density at radius 1 is 1.05 bits per heavy atom. The fraction of sp³-hybridized carbons (Fsp3) is 0.667. The summed E-state index contributed by atoms with van der Waals surface area (Å²) in [4.78, 5) is 5.27. The van der Waals surface area contributed by atoms with Crippen LogP contribution in [0.3, 0.4) is 0 Å². The maximum absolute atomic E-state index is 6.13. The number of piperazine rings is 1. The maximum Gasteiger partial charge on any atom is 0.0471 e. The molecule has 0 amide bonds. The van der Waals surface area contributed by atoms with Gasteiger partial charge < -0.3 is 5.73 Å². The molecule has 1 aromatic carbocycles. The first-order valence-corrected chi connectivity index (χ1v) is 8.63. The zero-order valence-electron chi connectivity index (χ0n) is 12.9. The zero-order chi connectivity index (χ0) is 14.2. The summed E-state index contributed by atoms with van der Waals surface area (Å²) in [6, 6.07) is 10.5. The third-order valence-electron chi connectivity index (χ3n) is 5.42. The number of hydrogen-bond donors (Lipinski definition) is 1. The van der Waals surface area contributed by atoms with Gasteiger partial charge >= 0.3 is 0 Å². The number of rotatable bonds is 5. The Bertz CT molecular complexity index is 485. The molecule has 0 bridgehead atoms. The lowest BCUT2D eigenvalue weighted by molar-refractivity contribution is 0.0938. The van der Waals surface area contributed by atoms with Gasteiger partial charge in [0.1, 0.15) is 0 Å². The molecule has 0 radical (unpaired) electrons. The summed E-state index contributed by atoms with van der Waals surface area (Å²) in [6.07, 6.45) is 5.58. The summed E-state index contributed by atoms with van der Waals surface area (Å²) < 4.78 is 0. The molecule has 1 aliphatic heterocycles. The van der Waals surface area contributed by atoms with Crippen molar-refractivity contribution in [1.29, 1.82) is 0 Å². The molecule has 0 spiro atoms. The van der Waals surface area contributed by atoms with Crippen LogP contribution in [-0.2, 0) is 0 Å². The second-order valence-electron chi connectivity index (χ2n) is 7.00. The number of nitrogens with zero attached hydrogens (tertiary/aromatic N) is 2. The molecule has 2 saturated carbocycles. The van der Waals surface area contributed by atoms with E-state index in [9.17, 15) is 0 Å². The van der Waals surface area contributed by atoms with Crippen molar-refractivity contribution >= 4 is 0 Å². The molecule has 2 N–H and O–H groups in total. The molecule has 0 aromatic heterocycles. The first-order valence-electron chi connectivity index (χ1n) is 8.63. The van der Waals surface area contributed by atoms with Crippen molar-refractivity contribution in [3.8, 4) is 0 Å². The van der Waals surface area contributed by atoms with Gasteiger partial charge in [0.2, 0.25) is 0 Å². The second kappa shape index (κ2) is 5.71. The lowest BCUT2D eigenvalue weighted by atomic mass is 10.00. The van der Waals surface area contributed by atoms with Crippen LogP contribution in [0.25, 0.3) is 0 Å². The highest BCUT2D eigenvalue weighted by Crippen LogP contribution is 2.41. The first kappa shape index (κ1) is 13.7. The minimum atomic E-state index is 0.407. The predicted molar refractivity (Wildman–Crippen MR) is 86.4 cm³/mol. The predicted octanol–water partition coefficient (Wildman–Crippen LogP) is 2.34. The molecule has 2 aliphatic carbocycles. The van der Waals surface area contributed by atoms with E-state index >= 15 is 0 Å². The Morgan fingerprint density at radius 3 is 2.43 bits per heavy atom. The number of hydrogen-bond acceptors (Lipinski definition) is 3. The Kier molecular flexibility index (Phi) is 3.74. The number of nitrogens with two attached hydrogens (primary N) is 1. The SMILES string of the molecule is NCC(c1cccc(C2CC2)c1)N1CCN(C2CC2)CC1. The van der Waals surface area contributed by atoms with Crippen LogP contribution in [-0.4, -0.2) is 48.6 Å². The Morgan fingerprint density at radius 2 is 1.81 bits per heavy atom.